The summed E-state index contributed by atoms with van der Waals surface area (Å²) in [6, 6.07) is 0. The van der Waals surface area contributed by atoms with Crippen molar-refractivity contribution in [1.29, 1.82) is 0 Å². The first-order valence-electron chi connectivity index (χ1n) is 6.02. The van der Waals surface area contributed by atoms with Crippen LogP contribution in [0.15, 0.2) is 12.4 Å². The molecule has 0 radical (unpaired) electrons. The number of hydrogen-bond donors (Lipinski definition) is 3. The number of nitrogens with one attached hydrogen (secondary N) is 1. The van der Waals surface area contributed by atoms with E-state index >= 15 is 0 Å². The van der Waals surface area contributed by atoms with Crippen LogP contribution in [-0.4, -0.2) is 29.3 Å². The molecule has 0 aliphatic heterocycles. The van der Waals surface area contributed by atoms with E-state index in [1.807, 2.05) is 17.8 Å². The van der Waals surface area contributed by atoms with E-state index in [2.05, 4.69) is 10.4 Å². The topological polar surface area (TPSA) is 108 Å². The molecule has 0 saturated carbocycles. The first-order valence-corrected chi connectivity index (χ1v) is 6.83. The predicted octanol–water partition coefficient (Wildman–Crippen LogP) is 1.05. The number of carbonyl (C=O) groups excluding carboxylic acids is 1. The van der Waals surface area contributed by atoms with Crippen molar-refractivity contribution in [3.05, 3.63) is 22.8 Å². The summed E-state index contributed by atoms with van der Waals surface area (Å²) in [5.41, 5.74) is 12.5. The minimum Gasteiger partial charge on any atom is -0.492 e. The van der Waals surface area contributed by atoms with Gasteiger partial charge in [0.15, 0.2) is 5.75 Å². The Morgan fingerprint density at radius 1 is 1.60 bits per heavy atom. The molecule has 0 spiro atoms. The van der Waals surface area contributed by atoms with Gasteiger partial charge in [-0.3, -0.25) is 9.48 Å². The smallest absolute Gasteiger partial charge is 0.261 e. The number of primary amides is 1. The lowest BCUT2D eigenvalue weighted by Crippen LogP contribution is -2.10. The second kappa shape index (κ2) is 5.83. The number of amides is 1. The van der Waals surface area contributed by atoms with E-state index in [0.29, 0.717) is 28.7 Å². The standard InChI is InChI=1S/C12H17N5O2S/c1-7-5-16-17(6-7)4-3-15-12-9(19-2)8(13)10(20-12)11(14)18/h5-6,15H,3-4,13H2,1-2H3,(H2,14,18). The van der Waals surface area contributed by atoms with Gasteiger partial charge in [-0.2, -0.15) is 5.10 Å². The van der Waals surface area contributed by atoms with Crippen LogP contribution < -0.4 is 21.5 Å². The number of carbonyl (C=O) groups is 1. The highest BCUT2D eigenvalue weighted by Gasteiger charge is 2.19. The largest absolute Gasteiger partial charge is 0.492 e. The highest BCUT2D eigenvalue weighted by molar-refractivity contribution is 7.19. The van der Waals surface area contributed by atoms with Gasteiger partial charge in [-0.05, 0) is 12.5 Å². The Balaban J connectivity index is 2.05. The molecule has 0 saturated heterocycles. The third-order valence-electron chi connectivity index (χ3n) is 2.72. The van der Waals surface area contributed by atoms with Crippen molar-refractivity contribution in [2.24, 2.45) is 5.73 Å². The van der Waals surface area contributed by atoms with Crippen LogP contribution in [0, 0.1) is 6.92 Å². The fraction of sp³-hybridized carbons (Fsp3) is 0.333. The zero-order chi connectivity index (χ0) is 14.7. The summed E-state index contributed by atoms with van der Waals surface area (Å²) in [5, 5.41) is 8.07. The molecule has 2 rings (SSSR count). The molecule has 2 heterocycles. The van der Waals surface area contributed by atoms with Crippen LogP contribution in [0.1, 0.15) is 15.2 Å². The molecule has 0 fully saturated rings. The Kier molecular flexibility index (Phi) is 4.14. The number of nitrogens with zero attached hydrogens (tertiary/aromatic N) is 2. The molecule has 2 aromatic heterocycles. The van der Waals surface area contributed by atoms with Crippen molar-refractivity contribution in [2.75, 3.05) is 24.7 Å². The van der Waals surface area contributed by atoms with Crippen molar-refractivity contribution >= 4 is 27.9 Å². The molecule has 5 N–H and O–H groups in total. The summed E-state index contributed by atoms with van der Waals surface area (Å²) in [4.78, 5) is 11.6. The fourth-order valence-electron chi connectivity index (χ4n) is 1.80. The van der Waals surface area contributed by atoms with Gasteiger partial charge in [0.1, 0.15) is 15.6 Å². The number of nitrogens with two attached hydrogens (primary N) is 2. The summed E-state index contributed by atoms with van der Waals surface area (Å²) in [6.45, 7) is 3.31. The first kappa shape index (κ1) is 14.2. The molecule has 0 bridgehead atoms. The number of anilines is 2. The minimum atomic E-state index is -0.554. The van der Waals surface area contributed by atoms with Crippen LogP contribution in [0.3, 0.4) is 0 Å². The molecule has 20 heavy (non-hydrogen) atoms. The Morgan fingerprint density at radius 2 is 2.35 bits per heavy atom. The van der Waals surface area contributed by atoms with E-state index in [-0.39, 0.29) is 5.69 Å². The van der Waals surface area contributed by atoms with E-state index < -0.39 is 5.91 Å². The molecule has 0 atom stereocenters. The number of nitrogen functional groups attached to an aromatic ring is 1. The van der Waals surface area contributed by atoms with Gasteiger partial charge in [-0.15, -0.1) is 11.3 Å². The Bertz CT molecular complexity index is 619. The summed E-state index contributed by atoms with van der Waals surface area (Å²) >= 11 is 1.19. The number of rotatable bonds is 6. The van der Waals surface area contributed by atoms with Crippen LogP contribution in [0.5, 0.6) is 5.75 Å². The van der Waals surface area contributed by atoms with E-state index in [4.69, 9.17) is 16.2 Å². The maximum atomic E-state index is 11.3. The van der Waals surface area contributed by atoms with Gasteiger partial charge in [0, 0.05) is 12.7 Å². The molecule has 108 valence electrons. The molecule has 2 aromatic rings. The summed E-state index contributed by atoms with van der Waals surface area (Å²) < 4.78 is 7.04. The molecular formula is C12H17N5O2S. The van der Waals surface area contributed by atoms with Crippen LogP contribution in [0.4, 0.5) is 10.7 Å². The number of aromatic nitrogens is 2. The van der Waals surface area contributed by atoms with Gasteiger partial charge < -0.3 is 21.5 Å². The summed E-state index contributed by atoms with van der Waals surface area (Å²) in [6.07, 6.45) is 3.76. The lowest BCUT2D eigenvalue weighted by atomic mass is 10.3. The lowest BCUT2D eigenvalue weighted by molar-refractivity contribution is 0.100. The van der Waals surface area contributed by atoms with Gasteiger partial charge in [0.2, 0.25) is 0 Å². The van der Waals surface area contributed by atoms with Crippen molar-refractivity contribution in [3.63, 3.8) is 0 Å². The number of ether oxygens (including phenoxy) is 1. The van der Waals surface area contributed by atoms with E-state index in [0.717, 1.165) is 5.56 Å². The van der Waals surface area contributed by atoms with E-state index in [9.17, 15) is 4.79 Å². The molecule has 8 heteroatoms. The SMILES string of the molecule is COc1c(NCCn2cc(C)cn2)sc(C(N)=O)c1N. The maximum absolute atomic E-state index is 11.3. The quantitative estimate of drug-likeness (QED) is 0.738. The average molecular weight is 295 g/mol. The molecular weight excluding hydrogens is 278 g/mol. The molecule has 0 aliphatic rings. The molecule has 0 aromatic carbocycles. The molecule has 0 unspecified atom stereocenters. The number of thiophene rings is 1. The highest BCUT2D eigenvalue weighted by Crippen LogP contribution is 2.41. The van der Waals surface area contributed by atoms with Crippen LogP contribution in [0.25, 0.3) is 0 Å². The zero-order valence-corrected chi connectivity index (χ0v) is 12.2. The molecule has 0 aliphatic carbocycles. The maximum Gasteiger partial charge on any atom is 0.261 e. The Labute approximate surface area is 120 Å². The van der Waals surface area contributed by atoms with Crippen molar-refractivity contribution in [3.8, 4) is 5.75 Å². The van der Waals surface area contributed by atoms with Crippen LogP contribution >= 0.6 is 11.3 Å². The number of aryl methyl sites for hydroxylation is 1. The second-order valence-corrected chi connectivity index (χ2v) is 5.30. The third-order valence-corrected chi connectivity index (χ3v) is 3.88. The molecule has 7 nitrogen and oxygen atoms in total. The zero-order valence-electron chi connectivity index (χ0n) is 11.3. The third kappa shape index (κ3) is 2.85. The minimum absolute atomic E-state index is 0.280. The lowest BCUT2D eigenvalue weighted by Gasteiger charge is -2.07. The first-order chi connectivity index (χ1) is 9.52. The average Bonchev–Trinajstić information content (AvgIpc) is 2.94. The number of hydrogen-bond acceptors (Lipinski definition) is 6. The summed E-state index contributed by atoms with van der Waals surface area (Å²) in [5.74, 6) is -0.0954. The van der Waals surface area contributed by atoms with Gasteiger partial charge in [-0.1, -0.05) is 0 Å². The van der Waals surface area contributed by atoms with Crippen molar-refractivity contribution in [2.45, 2.75) is 13.5 Å². The number of methoxy groups -OCH3 is 1. The van der Waals surface area contributed by atoms with Gasteiger partial charge in [0.05, 0.1) is 19.9 Å². The fourth-order valence-corrected chi connectivity index (χ4v) is 2.77. The van der Waals surface area contributed by atoms with Crippen molar-refractivity contribution in [1.82, 2.24) is 9.78 Å². The van der Waals surface area contributed by atoms with Gasteiger partial charge in [-0.25, -0.2) is 0 Å². The monoisotopic (exact) mass is 295 g/mol. The second-order valence-electron chi connectivity index (χ2n) is 4.28. The van der Waals surface area contributed by atoms with Gasteiger partial charge in [0.25, 0.3) is 5.91 Å². The Hall–Kier alpha value is -2.22. The predicted molar refractivity (Wildman–Crippen MR) is 79.3 cm³/mol. The van der Waals surface area contributed by atoms with E-state index in [1.54, 1.807) is 6.20 Å². The van der Waals surface area contributed by atoms with Crippen molar-refractivity contribution < 1.29 is 9.53 Å². The Morgan fingerprint density at radius 3 is 2.90 bits per heavy atom. The van der Waals surface area contributed by atoms with Gasteiger partial charge >= 0.3 is 0 Å². The van der Waals surface area contributed by atoms with Crippen LogP contribution in [0.2, 0.25) is 0 Å². The molecule has 1 amide bonds. The summed E-state index contributed by atoms with van der Waals surface area (Å²) in [7, 11) is 1.51. The normalized spacial score (nSPS) is 10.5. The van der Waals surface area contributed by atoms with E-state index in [1.165, 1.54) is 18.4 Å². The van der Waals surface area contributed by atoms with Crippen LogP contribution in [-0.2, 0) is 6.54 Å². The highest BCUT2D eigenvalue weighted by atomic mass is 32.1.